The summed E-state index contributed by atoms with van der Waals surface area (Å²) in [4.78, 5) is 12.6. The van der Waals surface area contributed by atoms with Crippen LogP contribution in [0, 0.1) is 6.92 Å². The fourth-order valence-corrected chi connectivity index (χ4v) is 4.34. The Morgan fingerprint density at radius 3 is 2.71 bits per heavy atom. The van der Waals surface area contributed by atoms with Gasteiger partial charge in [-0.15, -0.1) is 0 Å². The van der Waals surface area contributed by atoms with Crippen LogP contribution >= 0.6 is 0 Å². The largest absolute Gasteiger partial charge is 0.478 e. The SMILES string of the molecule is Cc1ccc(N(C)C2CCS(=O)(=O)C2)c(/C=C/C(=O)O)c1. The molecule has 0 aliphatic carbocycles. The molecule has 0 aromatic heterocycles. The Morgan fingerprint density at radius 2 is 2.14 bits per heavy atom. The fraction of sp³-hybridized carbons (Fsp3) is 0.400. The van der Waals surface area contributed by atoms with Gasteiger partial charge >= 0.3 is 5.97 Å². The van der Waals surface area contributed by atoms with Crippen molar-refractivity contribution in [1.82, 2.24) is 0 Å². The van der Waals surface area contributed by atoms with E-state index in [4.69, 9.17) is 5.11 Å². The van der Waals surface area contributed by atoms with Gasteiger partial charge < -0.3 is 10.0 Å². The van der Waals surface area contributed by atoms with E-state index in [1.54, 1.807) is 6.08 Å². The van der Waals surface area contributed by atoms with Gasteiger partial charge in [0, 0.05) is 24.9 Å². The van der Waals surface area contributed by atoms with E-state index in [-0.39, 0.29) is 17.5 Å². The van der Waals surface area contributed by atoms with E-state index in [9.17, 15) is 13.2 Å². The van der Waals surface area contributed by atoms with Crippen LogP contribution in [0.1, 0.15) is 17.5 Å². The summed E-state index contributed by atoms with van der Waals surface area (Å²) in [5.41, 5.74) is 2.65. The molecule has 1 heterocycles. The van der Waals surface area contributed by atoms with Gasteiger partial charge in [-0.2, -0.15) is 0 Å². The molecule has 5 nitrogen and oxygen atoms in total. The molecule has 0 amide bonds. The molecule has 1 aliphatic rings. The molecule has 1 saturated heterocycles. The number of carboxylic acid groups (broad SMARTS) is 1. The summed E-state index contributed by atoms with van der Waals surface area (Å²) in [6, 6.07) is 5.68. The molecule has 1 aromatic carbocycles. The molecule has 2 rings (SSSR count). The van der Waals surface area contributed by atoms with Crippen LogP contribution in [0.3, 0.4) is 0 Å². The highest BCUT2D eigenvalue weighted by molar-refractivity contribution is 7.91. The summed E-state index contributed by atoms with van der Waals surface area (Å²) in [6.45, 7) is 1.93. The Hall–Kier alpha value is -1.82. The lowest BCUT2D eigenvalue weighted by Crippen LogP contribution is -2.33. The lowest BCUT2D eigenvalue weighted by Gasteiger charge is -2.27. The Balaban J connectivity index is 2.32. The van der Waals surface area contributed by atoms with Crippen LogP contribution in [-0.2, 0) is 14.6 Å². The molecule has 1 atom stereocenters. The maximum absolute atomic E-state index is 11.6. The van der Waals surface area contributed by atoms with Gasteiger partial charge in [0.1, 0.15) is 0 Å². The number of nitrogens with zero attached hydrogens (tertiary/aromatic N) is 1. The molecule has 0 saturated carbocycles. The Kier molecular flexibility index (Phi) is 4.37. The van der Waals surface area contributed by atoms with Gasteiger partial charge in [-0.05, 0) is 37.1 Å². The molecule has 1 aromatic rings. The number of aliphatic carboxylic acids is 1. The minimum Gasteiger partial charge on any atom is -0.478 e. The fourth-order valence-electron chi connectivity index (χ4n) is 2.57. The summed E-state index contributed by atoms with van der Waals surface area (Å²) in [6.07, 6.45) is 3.25. The molecule has 114 valence electrons. The van der Waals surface area contributed by atoms with E-state index in [1.165, 1.54) is 0 Å². The van der Waals surface area contributed by atoms with Crippen molar-refractivity contribution in [3.63, 3.8) is 0 Å². The van der Waals surface area contributed by atoms with E-state index in [0.29, 0.717) is 6.42 Å². The van der Waals surface area contributed by atoms with Crippen molar-refractivity contribution in [1.29, 1.82) is 0 Å². The standard InChI is InChI=1S/C15H19NO4S/c1-11-3-5-14(12(9-11)4-6-15(17)18)16(2)13-7-8-21(19,20)10-13/h3-6,9,13H,7-8,10H2,1-2H3,(H,17,18)/b6-4+. The molecule has 1 aliphatic heterocycles. The van der Waals surface area contributed by atoms with E-state index in [0.717, 1.165) is 22.9 Å². The highest BCUT2D eigenvalue weighted by atomic mass is 32.2. The first-order chi connectivity index (χ1) is 9.78. The summed E-state index contributed by atoms with van der Waals surface area (Å²) >= 11 is 0. The van der Waals surface area contributed by atoms with Crippen LogP contribution in [0.2, 0.25) is 0 Å². The van der Waals surface area contributed by atoms with Crippen molar-refractivity contribution in [2.75, 3.05) is 23.5 Å². The minimum atomic E-state index is -2.95. The van der Waals surface area contributed by atoms with Gasteiger partial charge in [-0.3, -0.25) is 0 Å². The molecule has 1 unspecified atom stereocenters. The number of carbonyl (C=O) groups is 1. The lowest BCUT2D eigenvalue weighted by atomic mass is 10.1. The van der Waals surface area contributed by atoms with Crippen LogP contribution in [0.25, 0.3) is 6.08 Å². The van der Waals surface area contributed by atoms with Crippen molar-refractivity contribution in [2.45, 2.75) is 19.4 Å². The number of anilines is 1. The molecule has 1 N–H and O–H groups in total. The first kappa shape index (κ1) is 15.6. The maximum Gasteiger partial charge on any atom is 0.328 e. The molecule has 21 heavy (non-hydrogen) atoms. The number of aryl methyl sites for hydroxylation is 1. The van der Waals surface area contributed by atoms with Gasteiger partial charge in [0.15, 0.2) is 9.84 Å². The third-order valence-electron chi connectivity index (χ3n) is 3.72. The van der Waals surface area contributed by atoms with Gasteiger partial charge in [0.2, 0.25) is 0 Å². The van der Waals surface area contributed by atoms with Gasteiger partial charge in [-0.25, -0.2) is 13.2 Å². The molecule has 6 heteroatoms. The third-order valence-corrected chi connectivity index (χ3v) is 5.47. The van der Waals surface area contributed by atoms with Crippen molar-refractivity contribution in [3.8, 4) is 0 Å². The predicted octanol–water partition coefficient (Wildman–Crippen LogP) is 1.72. The second kappa shape index (κ2) is 5.89. The van der Waals surface area contributed by atoms with Crippen molar-refractivity contribution < 1.29 is 18.3 Å². The predicted molar refractivity (Wildman–Crippen MR) is 83.3 cm³/mol. The Bertz CT molecular complexity index is 679. The average Bonchev–Trinajstić information content (AvgIpc) is 2.76. The summed E-state index contributed by atoms with van der Waals surface area (Å²) < 4.78 is 23.2. The van der Waals surface area contributed by atoms with Crippen molar-refractivity contribution in [2.24, 2.45) is 0 Å². The monoisotopic (exact) mass is 309 g/mol. The average molecular weight is 309 g/mol. The second-order valence-corrected chi connectivity index (χ2v) is 7.63. The summed E-state index contributed by atoms with van der Waals surface area (Å²) in [5.74, 6) is -0.637. The van der Waals surface area contributed by atoms with Gasteiger partial charge in [0.25, 0.3) is 0 Å². The highest BCUT2D eigenvalue weighted by Gasteiger charge is 2.31. The number of rotatable bonds is 4. The Labute approximate surface area is 124 Å². The zero-order valence-electron chi connectivity index (χ0n) is 12.1. The van der Waals surface area contributed by atoms with Crippen LogP contribution in [0.5, 0.6) is 0 Å². The van der Waals surface area contributed by atoms with Gasteiger partial charge in [0.05, 0.1) is 11.5 Å². The van der Waals surface area contributed by atoms with E-state index in [2.05, 4.69) is 0 Å². The number of benzene rings is 1. The quantitative estimate of drug-likeness (QED) is 0.857. The van der Waals surface area contributed by atoms with Crippen LogP contribution in [0.15, 0.2) is 24.3 Å². The number of carboxylic acids is 1. The first-order valence-corrected chi connectivity index (χ1v) is 8.55. The summed E-state index contributed by atoms with van der Waals surface area (Å²) in [7, 11) is -1.09. The first-order valence-electron chi connectivity index (χ1n) is 6.73. The number of hydrogen-bond acceptors (Lipinski definition) is 4. The third kappa shape index (κ3) is 3.85. The van der Waals surface area contributed by atoms with Crippen molar-refractivity contribution >= 4 is 27.6 Å². The smallest absolute Gasteiger partial charge is 0.328 e. The molecule has 0 bridgehead atoms. The Morgan fingerprint density at radius 1 is 1.43 bits per heavy atom. The molecule has 0 radical (unpaired) electrons. The molecular weight excluding hydrogens is 290 g/mol. The second-order valence-electron chi connectivity index (χ2n) is 5.40. The maximum atomic E-state index is 11.6. The van der Waals surface area contributed by atoms with Gasteiger partial charge in [-0.1, -0.05) is 11.6 Å². The zero-order valence-corrected chi connectivity index (χ0v) is 12.9. The van der Waals surface area contributed by atoms with Crippen LogP contribution in [0.4, 0.5) is 5.69 Å². The number of sulfone groups is 1. The lowest BCUT2D eigenvalue weighted by molar-refractivity contribution is -0.131. The molecule has 1 fully saturated rings. The normalized spacial score (nSPS) is 20.8. The topological polar surface area (TPSA) is 74.7 Å². The van der Waals surface area contributed by atoms with Crippen LogP contribution < -0.4 is 4.90 Å². The molecule has 0 spiro atoms. The minimum absolute atomic E-state index is 0.0605. The summed E-state index contributed by atoms with van der Waals surface area (Å²) in [5, 5.41) is 8.77. The van der Waals surface area contributed by atoms with Crippen molar-refractivity contribution in [3.05, 3.63) is 35.4 Å². The number of hydrogen-bond donors (Lipinski definition) is 1. The van der Waals surface area contributed by atoms with E-state index < -0.39 is 15.8 Å². The highest BCUT2D eigenvalue weighted by Crippen LogP contribution is 2.27. The molecular formula is C15H19NO4S. The van der Waals surface area contributed by atoms with E-state index in [1.807, 2.05) is 37.1 Å². The van der Waals surface area contributed by atoms with E-state index >= 15 is 0 Å². The van der Waals surface area contributed by atoms with Crippen LogP contribution in [-0.4, -0.2) is 44.1 Å². The zero-order chi connectivity index (χ0) is 15.6.